The molecule has 1 atom stereocenters. The second kappa shape index (κ2) is 15.0. The molecule has 4 rings (SSSR count). The number of halogens is 3. The topological polar surface area (TPSA) is 90.9 Å². The number of ether oxygens (including phenoxy) is 3. The van der Waals surface area contributed by atoms with Crippen LogP contribution in [0.15, 0.2) is 102 Å². The summed E-state index contributed by atoms with van der Waals surface area (Å²) in [5, 5.41) is 3.23. The molecule has 0 radical (unpaired) electrons. The molecule has 7 nitrogen and oxygen atoms in total. The lowest BCUT2D eigenvalue weighted by Gasteiger charge is -2.29. The van der Waals surface area contributed by atoms with Gasteiger partial charge in [-0.1, -0.05) is 107 Å². The molecule has 0 saturated heterocycles. The Morgan fingerprint density at radius 2 is 1.41 bits per heavy atom. The summed E-state index contributed by atoms with van der Waals surface area (Å²) in [7, 11) is 0. The van der Waals surface area contributed by atoms with E-state index in [1.165, 1.54) is 12.1 Å². The van der Waals surface area contributed by atoms with Crippen LogP contribution in [-0.2, 0) is 30.4 Å². The Bertz CT molecular complexity index is 1630. The molecule has 226 valence electrons. The lowest BCUT2D eigenvalue weighted by atomic mass is 9.84. The second-order valence-electron chi connectivity index (χ2n) is 9.57. The molecular weight excluding hydrogens is 625 g/mol. The van der Waals surface area contributed by atoms with Crippen LogP contribution >= 0.6 is 34.8 Å². The van der Waals surface area contributed by atoms with Gasteiger partial charge in [-0.2, -0.15) is 0 Å². The van der Waals surface area contributed by atoms with Crippen LogP contribution in [0.2, 0.25) is 0 Å². The molecule has 44 heavy (non-hydrogen) atoms. The number of nitrogens with one attached hydrogen (secondary N) is 1. The summed E-state index contributed by atoms with van der Waals surface area (Å²) in [4.78, 5) is 39.3. The van der Waals surface area contributed by atoms with Gasteiger partial charge in [0.25, 0.3) is 0 Å². The third kappa shape index (κ3) is 8.67. The summed E-state index contributed by atoms with van der Waals surface area (Å²) < 4.78 is 14.4. The van der Waals surface area contributed by atoms with Gasteiger partial charge < -0.3 is 19.5 Å². The van der Waals surface area contributed by atoms with Crippen molar-refractivity contribution in [3.05, 3.63) is 124 Å². The molecule has 0 bridgehead atoms. The van der Waals surface area contributed by atoms with E-state index >= 15 is 0 Å². The Labute approximate surface area is 270 Å². The predicted octanol–water partition coefficient (Wildman–Crippen LogP) is 6.78. The summed E-state index contributed by atoms with van der Waals surface area (Å²) in [5.41, 5.74) is 3.64. The second-order valence-corrected chi connectivity index (χ2v) is 12.1. The predicted molar refractivity (Wildman–Crippen MR) is 169 cm³/mol. The SMILES string of the molecule is CCOC(=O)C1=C(C)NC(c2ccccc2)=C(C(=O)OCc2ccc(C(=O)OCC(Cl)(Cl)Cl)cc2)C1C#Cc1ccccc1. The van der Waals surface area contributed by atoms with Gasteiger partial charge in [-0.3, -0.25) is 0 Å². The van der Waals surface area contributed by atoms with Crippen LogP contribution in [0.25, 0.3) is 5.70 Å². The molecule has 0 aromatic heterocycles. The Hall–Kier alpha value is -4.22. The molecule has 3 aromatic carbocycles. The van der Waals surface area contributed by atoms with Crippen molar-refractivity contribution >= 4 is 58.4 Å². The van der Waals surface area contributed by atoms with E-state index in [4.69, 9.17) is 49.0 Å². The van der Waals surface area contributed by atoms with Crippen LogP contribution in [0, 0.1) is 17.8 Å². The van der Waals surface area contributed by atoms with Crippen molar-refractivity contribution in [3.8, 4) is 11.8 Å². The molecular formula is C34H28Cl3NO6. The Morgan fingerprint density at radius 3 is 2.02 bits per heavy atom. The van der Waals surface area contributed by atoms with E-state index in [9.17, 15) is 14.4 Å². The zero-order valence-electron chi connectivity index (χ0n) is 23.9. The summed E-state index contributed by atoms with van der Waals surface area (Å²) in [6.45, 7) is 3.08. The van der Waals surface area contributed by atoms with Crippen LogP contribution in [0.4, 0.5) is 0 Å². The molecule has 10 heteroatoms. The average molecular weight is 653 g/mol. The highest BCUT2D eigenvalue weighted by Crippen LogP contribution is 2.35. The summed E-state index contributed by atoms with van der Waals surface area (Å²) in [6.07, 6.45) is 0. The first-order chi connectivity index (χ1) is 21.1. The third-order valence-electron chi connectivity index (χ3n) is 6.40. The standard InChI is InChI=1S/C34H28Cl3NO6/c1-3-42-32(40)28-22(2)38-30(25-12-8-5-9-13-25)29(27(28)19-16-23-10-6-4-7-11-23)33(41)43-20-24-14-17-26(18-15-24)31(39)44-21-34(35,36)37/h4-15,17-18,27,38H,3,20-21H2,1-2H3. The van der Waals surface area contributed by atoms with E-state index in [1.54, 1.807) is 26.0 Å². The fraction of sp³-hybridized carbons (Fsp3) is 0.206. The number of hydrogen-bond acceptors (Lipinski definition) is 7. The van der Waals surface area contributed by atoms with Gasteiger partial charge in [-0.15, -0.1) is 0 Å². The molecule has 0 saturated carbocycles. The lowest BCUT2D eigenvalue weighted by molar-refractivity contribution is -0.140. The van der Waals surface area contributed by atoms with Gasteiger partial charge in [0.1, 0.15) is 13.2 Å². The normalized spacial score (nSPS) is 14.6. The van der Waals surface area contributed by atoms with Crippen molar-refractivity contribution in [3.63, 3.8) is 0 Å². The third-order valence-corrected chi connectivity index (χ3v) is 6.73. The molecule has 1 N–H and O–H groups in total. The van der Waals surface area contributed by atoms with Crippen molar-refractivity contribution in [2.75, 3.05) is 13.2 Å². The molecule has 0 fully saturated rings. The number of dihydropyridines is 1. The van der Waals surface area contributed by atoms with Crippen molar-refractivity contribution in [2.24, 2.45) is 5.92 Å². The monoisotopic (exact) mass is 651 g/mol. The molecule has 0 spiro atoms. The number of alkyl halides is 3. The van der Waals surface area contributed by atoms with E-state index in [2.05, 4.69) is 17.2 Å². The van der Waals surface area contributed by atoms with Gasteiger partial charge in [-0.05, 0) is 49.2 Å². The first kappa shape index (κ1) is 32.7. The van der Waals surface area contributed by atoms with Gasteiger partial charge in [0.05, 0.1) is 34.9 Å². The molecule has 0 aliphatic carbocycles. The zero-order chi connectivity index (χ0) is 31.7. The maximum atomic E-state index is 13.9. The molecule has 1 heterocycles. The summed E-state index contributed by atoms with van der Waals surface area (Å²) in [5.74, 6) is 3.36. The van der Waals surface area contributed by atoms with Gasteiger partial charge in [0.2, 0.25) is 3.79 Å². The smallest absolute Gasteiger partial charge is 0.338 e. The highest BCUT2D eigenvalue weighted by molar-refractivity contribution is 6.67. The summed E-state index contributed by atoms with van der Waals surface area (Å²) >= 11 is 16.9. The number of hydrogen-bond donors (Lipinski definition) is 1. The maximum Gasteiger partial charge on any atom is 0.338 e. The Kier molecular flexibility index (Phi) is 11.1. The van der Waals surface area contributed by atoms with Gasteiger partial charge in [-0.25, -0.2) is 14.4 Å². The van der Waals surface area contributed by atoms with Gasteiger partial charge >= 0.3 is 17.9 Å². The largest absolute Gasteiger partial charge is 0.463 e. The average Bonchev–Trinajstić information content (AvgIpc) is 3.02. The van der Waals surface area contributed by atoms with Crippen LogP contribution in [0.1, 0.15) is 40.9 Å². The van der Waals surface area contributed by atoms with E-state index in [-0.39, 0.29) is 29.9 Å². The van der Waals surface area contributed by atoms with Gasteiger partial charge in [0, 0.05) is 11.3 Å². The fourth-order valence-electron chi connectivity index (χ4n) is 4.38. The number of carbonyl (C=O) groups is 3. The number of carbonyl (C=O) groups excluding carboxylic acids is 3. The number of esters is 3. The van der Waals surface area contributed by atoms with Crippen molar-refractivity contribution < 1.29 is 28.6 Å². The number of allylic oxidation sites excluding steroid dienone is 1. The van der Waals surface area contributed by atoms with E-state index in [0.717, 1.165) is 0 Å². The van der Waals surface area contributed by atoms with Crippen LogP contribution in [0.3, 0.4) is 0 Å². The highest BCUT2D eigenvalue weighted by Gasteiger charge is 2.37. The van der Waals surface area contributed by atoms with Crippen LogP contribution in [0.5, 0.6) is 0 Å². The Balaban J connectivity index is 1.67. The quantitative estimate of drug-likeness (QED) is 0.124. The molecule has 1 aliphatic rings. The van der Waals surface area contributed by atoms with E-state index in [0.29, 0.717) is 28.1 Å². The van der Waals surface area contributed by atoms with E-state index in [1.807, 2.05) is 60.7 Å². The Morgan fingerprint density at radius 1 is 0.795 bits per heavy atom. The highest BCUT2D eigenvalue weighted by atomic mass is 35.6. The minimum absolute atomic E-state index is 0.121. The van der Waals surface area contributed by atoms with E-state index < -0.39 is 34.2 Å². The molecule has 1 unspecified atom stereocenters. The number of rotatable bonds is 8. The first-order valence-electron chi connectivity index (χ1n) is 13.6. The molecule has 0 amide bonds. The minimum atomic E-state index is -1.73. The van der Waals surface area contributed by atoms with Crippen LogP contribution in [-0.4, -0.2) is 34.9 Å². The number of benzene rings is 3. The van der Waals surface area contributed by atoms with Crippen molar-refractivity contribution in [2.45, 2.75) is 24.2 Å². The van der Waals surface area contributed by atoms with Crippen molar-refractivity contribution in [1.82, 2.24) is 5.32 Å². The molecule has 1 aliphatic heterocycles. The minimum Gasteiger partial charge on any atom is -0.463 e. The zero-order valence-corrected chi connectivity index (χ0v) is 26.1. The summed E-state index contributed by atoms with van der Waals surface area (Å²) in [6, 6.07) is 24.8. The van der Waals surface area contributed by atoms with Crippen molar-refractivity contribution in [1.29, 1.82) is 0 Å². The maximum absolute atomic E-state index is 13.9. The first-order valence-corrected chi connectivity index (χ1v) is 14.7. The lowest BCUT2D eigenvalue weighted by Crippen LogP contribution is -2.33. The molecule has 3 aromatic rings. The van der Waals surface area contributed by atoms with Gasteiger partial charge in [0.15, 0.2) is 0 Å². The fourth-order valence-corrected chi connectivity index (χ4v) is 4.54. The van der Waals surface area contributed by atoms with Crippen LogP contribution < -0.4 is 5.32 Å².